The number of nitrogens with zero attached hydrogens (tertiary/aromatic N) is 1. The first-order valence-corrected chi connectivity index (χ1v) is 8.86. The van der Waals surface area contributed by atoms with E-state index in [-0.39, 0.29) is 24.7 Å². The fourth-order valence-electron chi connectivity index (χ4n) is 3.01. The van der Waals surface area contributed by atoms with Crippen molar-refractivity contribution >= 4 is 17.8 Å². The van der Waals surface area contributed by atoms with Crippen LogP contribution in [0.15, 0.2) is 0 Å². The standard InChI is InChI=1S/C14H23F3N2OS/c1-21-12-7-3-6-11(12)18-13(20)19(10-4-2-5-10)9-8-14(15,16)17/h10-12H,2-9H2,1H3,(H,18,20)/t11-,12-/m0/s1. The summed E-state index contributed by atoms with van der Waals surface area (Å²) in [7, 11) is 0. The number of hydrogen-bond donors (Lipinski definition) is 1. The number of halogens is 3. The second-order valence-corrected chi connectivity index (χ2v) is 6.98. The Bertz CT molecular complexity index is 361. The maximum Gasteiger partial charge on any atom is 0.390 e. The number of carbonyl (C=O) groups is 1. The molecule has 0 spiro atoms. The van der Waals surface area contributed by atoms with Gasteiger partial charge in [-0.25, -0.2) is 4.79 Å². The number of rotatable bonds is 5. The molecule has 2 saturated carbocycles. The Hall–Kier alpha value is -0.590. The Morgan fingerprint density at radius 1 is 1.24 bits per heavy atom. The van der Waals surface area contributed by atoms with Gasteiger partial charge in [-0.3, -0.25) is 0 Å². The van der Waals surface area contributed by atoms with Crippen LogP contribution in [0.5, 0.6) is 0 Å². The lowest BCUT2D eigenvalue weighted by atomic mass is 9.91. The van der Waals surface area contributed by atoms with Crippen molar-refractivity contribution < 1.29 is 18.0 Å². The average molecular weight is 324 g/mol. The maximum absolute atomic E-state index is 12.4. The molecule has 122 valence electrons. The molecule has 3 nitrogen and oxygen atoms in total. The normalized spacial score (nSPS) is 26.5. The molecule has 0 heterocycles. The summed E-state index contributed by atoms with van der Waals surface area (Å²) in [6.07, 6.45) is 2.59. The van der Waals surface area contributed by atoms with Crippen molar-refractivity contribution in [1.29, 1.82) is 0 Å². The number of amides is 2. The number of hydrogen-bond acceptors (Lipinski definition) is 2. The number of nitrogens with one attached hydrogen (secondary N) is 1. The lowest BCUT2D eigenvalue weighted by Gasteiger charge is -2.38. The van der Waals surface area contributed by atoms with Crippen LogP contribution in [0, 0.1) is 0 Å². The van der Waals surface area contributed by atoms with E-state index in [0.717, 1.165) is 38.5 Å². The van der Waals surface area contributed by atoms with Crippen molar-refractivity contribution in [2.45, 2.75) is 68.5 Å². The number of urea groups is 1. The molecule has 0 aliphatic heterocycles. The van der Waals surface area contributed by atoms with Gasteiger partial charge in [-0.05, 0) is 38.4 Å². The topological polar surface area (TPSA) is 32.3 Å². The predicted octanol–water partition coefficient (Wildman–Crippen LogP) is 3.79. The lowest BCUT2D eigenvalue weighted by Crippen LogP contribution is -2.53. The molecule has 0 aromatic rings. The third kappa shape index (κ3) is 4.69. The van der Waals surface area contributed by atoms with E-state index in [0.29, 0.717) is 5.25 Å². The summed E-state index contributed by atoms with van der Waals surface area (Å²) in [5, 5.41) is 3.35. The lowest BCUT2D eigenvalue weighted by molar-refractivity contribution is -0.137. The van der Waals surface area contributed by atoms with Gasteiger partial charge >= 0.3 is 12.2 Å². The molecule has 7 heteroatoms. The monoisotopic (exact) mass is 324 g/mol. The van der Waals surface area contributed by atoms with E-state index < -0.39 is 12.6 Å². The van der Waals surface area contributed by atoms with E-state index >= 15 is 0 Å². The van der Waals surface area contributed by atoms with E-state index in [2.05, 4.69) is 5.32 Å². The molecule has 2 fully saturated rings. The van der Waals surface area contributed by atoms with Crippen LogP contribution in [0.3, 0.4) is 0 Å². The highest BCUT2D eigenvalue weighted by Gasteiger charge is 2.36. The van der Waals surface area contributed by atoms with Crippen LogP contribution >= 0.6 is 11.8 Å². The molecule has 0 radical (unpaired) electrons. The highest BCUT2D eigenvalue weighted by atomic mass is 32.2. The zero-order valence-corrected chi connectivity index (χ0v) is 13.1. The molecule has 2 aliphatic carbocycles. The molecule has 2 aliphatic rings. The van der Waals surface area contributed by atoms with Gasteiger partial charge in [0.1, 0.15) is 0 Å². The van der Waals surface area contributed by atoms with Crippen molar-refractivity contribution in [2.75, 3.05) is 12.8 Å². The SMILES string of the molecule is CS[C@H]1CCC[C@@H]1NC(=O)N(CCC(F)(F)F)C1CCC1. The third-order valence-electron chi connectivity index (χ3n) is 4.48. The van der Waals surface area contributed by atoms with E-state index in [1.54, 1.807) is 11.8 Å². The van der Waals surface area contributed by atoms with E-state index in [1.165, 1.54) is 4.90 Å². The van der Waals surface area contributed by atoms with Crippen molar-refractivity contribution in [3.05, 3.63) is 0 Å². The highest BCUT2D eigenvalue weighted by molar-refractivity contribution is 7.99. The van der Waals surface area contributed by atoms with E-state index in [1.807, 2.05) is 6.26 Å². The summed E-state index contributed by atoms with van der Waals surface area (Å²) in [6, 6.07) is -0.225. The van der Waals surface area contributed by atoms with Gasteiger partial charge in [0, 0.05) is 23.9 Å². The zero-order valence-electron chi connectivity index (χ0n) is 12.3. The summed E-state index contributed by atoms with van der Waals surface area (Å²) >= 11 is 1.73. The summed E-state index contributed by atoms with van der Waals surface area (Å²) in [5.41, 5.74) is 0. The Morgan fingerprint density at radius 3 is 2.43 bits per heavy atom. The van der Waals surface area contributed by atoms with Crippen LogP contribution in [0.4, 0.5) is 18.0 Å². The molecule has 0 saturated heterocycles. The molecule has 0 bridgehead atoms. The van der Waals surface area contributed by atoms with Crippen LogP contribution in [-0.2, 0) is 0 Å². The first-order valence-electron chi connectivity index (χ1n) is 7.57. The van der Waals surface area contributed by atoms with Gasteiger partial charge in [0.2, 0.25) is 0 Å². The fourth-order valence-corrected chi connectivity index (χ4v) is 3.95. The van der Waals surface area contributed by atoms with Gasteiger partial charge in [-0.1, -0.05) is 6.42 Å². The predicted molar refractivity (Wildman–Crippen MR) is 78.5 cm³/mol. The quantitative estimate of drug-likeness (QED) is 0.834. The first kappa shape index (κ1) is 16.8. The van der Waals surface area contributed by atoms with Gasteiger partial charge in [-0.15, -0.1) is 0 Å². The minimum absolute atomic E-state index is 0.0125. The largest absolute Gasteiger partial charge is 0.390 e. The van der Waals surface area contributed by atoms with E-state index in [4.69, 9.17) is 0 Å². The molecule has 1 N–H and O–H groups in total. The Labute approximate surface area is 128 Å². The van der Waals surface area contributed by atoms with E-state index in [9.17, 15) is 18.0 Å². The Balaban J connectivity index is 1.91. The van der Waals surface area contributed by atoms with Gasteiger partial charge in [0.05, 0.1) is 6.42 Å². The van der Waals surface area contributed by atoms with Gasteiger partial charge in [0.25, 0.3) is 0 Å². The average Bonchev–Trinajstić information content (AvgIpc) is 2.77. The van der Waals surface area contributed by atoms with Crippen LogP contribution in [0.2, 0.25) is 0 Å². The van der Waals surface area contributed by atoms with Gasteiger partial charge in [-0.2, -0.15) is 24.9 Å². The fraction of sp³-hybridized carbons (Fsp3) is 0.929. The van der Waals surface area contributed by atoms with Gasteiger partial charge in [0.15, 0.2) is 0 Å². The van der Waals surface area contributed by atoms with Crippen molar-refractivity contribution in [3.8, 4) is 0 Å². The highest BCUT2D eigenvalue weighted by Crippen LogP contribution is 2.30. The third-order valence-corrected chi connectivity index (χ3v) is 5.65. The smallest absolute Gasteiger partial charge is 0.334 e. The number of carbonyl (C=O) groups excluding carboxylic acids is 1. The molecule has 0 unspecified atom stereocenters. The molecular formula is C14H23F3N2OS. The molecule has 2 amide bonds. The first-order chi connectivity index (χ1) is 9.90. The summed E-state index contributed by atoms with van der Waals surface area (Å²) < 4.78 is 37.3. The molecular weight excluding hydrogens is 301 g/mol. The summed E-state index contributed by atoms with van der Waals surface area (Å²) in [6.45, 7) is -0.226. The van der Waals surface area contributed by atoms with Crippen molar-refractivity contribution in [1.82, 2.24) is 10.2 Å². The maximum atomic E-state index is 12.4. The molecule has 0 aromatic heterocycles. The van der Waals surface area contributed by atoms with Crippen LogP contribution in [0.1, 0.15) is 44.9 Å². The van der Waals surface area contributed by atoms with Crippen LogP contribution < -0.4 is 5.32 Å². The Morgan fingerprint density at radius 2 is 1.90 bits per heavy atom. The Kier molecular flexibility index (Phi) is 5.68. The molecule has 0 aromatic carbocycles. The molecule has 21 heavy (non-hydrogen) atoms. The molecule has 2 rings (SSSR count). The summed E-state index contributed by atoms with van der Waals surface area (Å²) in [4.78, 5) is 13.8. The number of thioether (sulfide) groups is 1. The number of alkyl halides is 3. The van der Waals surface area contributed by atoms with Crippen LogP contribution in [-0.4, -0.2) is 47.2 Å². The second-order valence-electron chi connectivity index (χ2n) is 5.90. The molecule has 2 atom stereocenters. The second kappa shape index (κ2) is 7.11. The van der Waals surface area contributed by atoms with Gasteiger partial charge < -0.3 is 10.2 Å². The van der Waals surface area contributed by atoms with Crippen molar-refractivity contribution in [2.24, 2.45) is 0 Å². The van der Waals surface area contributed by atoms with Crippen LogP contribution in [0.25, 0.3) is 0 Å². The minimum Gasteiger partial charge on any atom is -0.334 e. The zero-order chi connectivity index (χ0) is 15.5. The summed E-state index contributed by atoms with van der Waals surface area (Å²) in [5.74, 6) is 0. The minimum atomic E-state index is -4.21. The van der Waals surface area contributed by atoms with Crippen molar-refractivity contribution in [3.63, 3.8) is 0 Å².